The molecule has 0 aliphatic carbocycles. The van der Waals surface area contributed by atoms with Crippen LogP contribution in [0, 0.1) is 14.8 Å². The second-order valence-corrected chi connectivity index (χ2v) is 6.22. The molecule has 9 nitrogen and oxygen atoms in total. The fourth-order valence-electron chi connectivity index (χ4n) is 2.78. The van der Waals surface area contributed by atoms with Crippen molar-refractivity contribution in [1.82, 2.24) is 25.9 Å². The van der Waals surface area contributed by atoms with E-state index >= 15 is 0 Å². The Kier molecular flexibility index (Phi) is 4.40. The van der Waals surface area contributed by atoms with E-state index in [0.29, 0.717) is 17.0 Å². The number of para-hydroxylation sites is 1. The Morgan fingerprint density at radius 1 is 1.11 bits per heavy atom. The molecular weight excluding hydrogens is 366 g/mol. The maximum absolute atomic E-state index is 10.8. The SMILES string of the molecule is O=[N+]([O-])c1ccc(CN2NNN=C2c2c[nH]n(-c3ccccc3)c2=S)cc1. The molecule has 4 rings (SSSR count). The predicted molar refractivity (Wildman–Crippen MR) is 102 cm³/mol. The van der Waals surface area contributed by atoms with Crippen molar-refractivity contribution in [3.05, 3.63) is 86.7 Å². The molecule has 0 unspecified atom stereocenters. The van der Waals surface area contributed by atoms with E-state index in [1.165, 1.54) is 12.1 Å². The molecular formula is C17H15N7O2S. The minimum absolute atomic E-state index is 0.0579. The first-order valence-corrected chi connectivity index (χ1v) is 8.50. The number of rotatable bonds is 5. The number of amidine groups is 1. The van der Waals surface area contributed by atoms with Crippen LogP contribution in [-0.4, -0.2) is 25.5 Å². The van der Waals surface area contributed by atoms with Gasteiger partial charge in [0, 0.05) is 18.3 Å². The minimum atomic E-state index is -0.419. The fourth-order valence-corrected chi connectivity index (χ4v) is 3.08. The van der Waals surface area contributed by atoms with E-state index in [4.69, 9.17) is 12.2 Å². The molecule has 0 radical (unpaired) electrons. The summed E-state index contributed by atoms with van der Waals surface area (Å²) in [5.41, 5.74) is 8.31. The number of nitro groups is 1. The van der Waals surface area contributed by atoms with Gasteiger partial charge in [0.15, 0.2) is 5.84 Å². The van der Waals surface area contributed by atoms with Crippen molar-refractivity contribution in [3.63, 3.8) is 0 Å². The van der Waals surface area contributed by atoms with Gasteiger partial charge in [-0.1, -0.05) is 42.5 Å². The van der Waals surface area contributed by atoms with Crippen LogP contribution in [0.3, 0.4) is 0 Å². The van der Waals surface area contributed by atoms with Gasteiger partial charge in [0.2, 0.25) is 0 Å². The number of nitrogens with one attached hydrogen (secondary N) is 3. The smallest absolute Gasteiger partial charge is 0.269 e. The second-order valence-electron chi connectivity index (χ2n) is 5.83. The number of hydrazone groups is 1. The van der Waals surface area contributed by atoms with E-state index in [1.807, 2.05) is 30.3 Å². The van der Waals surface area contributed by atoms with Crippen LogP contribution in [0.5, 0.6) is 0 Å². The molecule has 3 aromatic rings. The van der Waals surface area contributed by atoms with E-state index in [1.54, 1.807) is 28.0 Å². The molecule has 0 fully saturated rings. The van der Waals surface area contributed by atoms with Gasteiger partial charge in [0.1, 0.15) is 4.64 Å². The number of H-pyrrole nitrogens is 1. The highest BCUT2D eigenvalue weighted by molar-refractivity contribution is 7.71. The molecule has 10 heteroatoms. The zero-order chi connectivity index (χ0) is 18.8. The quantitative estimate of drug-likeness (QED) is 0.357. The summed E-state index contributed by atoms with van der Waals surface area (Å²) in [5, 5.41) is 20.0. The van der Waals surface area contributed by atoms with Crippen LogP contribution < -0.4 is 11.1 Å². The molecule has 27 heavy (non-hydrogen) atoms. The molecule has 0 amide bonds. The first-order valence-electron chi connectivity index (χ1n) is 8.09. The van der Waals surface area contributed by atoms with Crippen LogP contribution in [0.25, 0.3) is 5.69 Å². The Morgan fingerprint density at radius 2 is 1.85 bits per heavy atom. The summed E-state index contributed by atoms with van der Waals surface area (Å²) in [6.45, 7) is 0.453. The average molecular weight is 381 g/mol. The van der Waals surface area contributed by atoms with Crippen molar-refractivity contribution in [2.24, 2.45) is 5.10 Å². The number of hydrogen-bond donors (Lipinski definition) is 3. The first kappa shape index (κ1) is 16.9. The summed E-state index contributed by atoms with van der Waals surface area (Å²) >= 11 is 5.60. The molecule has 0 atom stereocenters. The molecule has 2 aromatic carbocycles. The second kappa shape index (κ2) is 7.02. The van der Waals surface area contributed by atoms with Gasteiger partial charge in [-0.2, -0.15) is 0 Å². The Balaban J connectivity index is 1.58. The van der Waals surface area contributed by atoms with Crippen LogP contribution in [0.15, 0.2) is 65.9 Å². The molecule has 1 aliphatic rings. The fraction of sp³-hybridized carbons (Fsp3) is 0.0588. The molecule has 3 N–H and O–H groups in total. The van der Waals surface area contributed by atoms with Crippen LogP contribution in [0.1, 0.15) is 11.1 Å². The summed E-state index contributed by atoms with van der Waals surface area (Å²) < 4.78 is 2.40. The number of non-ortho nitro benzene ring substituents is 1. The number of hydrogen-bond acceptors (Lipinski definition) is 7. The number of benzene rings is 2. The largest absolute Gasteiger partial charge is 0.299 e. The van der Waals surface area contributed by atoms with Crippen molar-refractivity contribution >= 4 is 23.7 Å². The van der Waals surface area contributed by atoms with Crippen LogP contribution in [0.4, 0.5) is 5.69 Å². The maximum atomic E-state index is 10.8. The lowest BCUT2D eigenvalue weighted by atomic mass is 10.2. The Labute approximate surface area is 159 Å². The van der Waals surface area contributed by atoms with Gasteiger partial charge in [-0.05, 0) is 17.7 Å². The van der Waals surface area contributed by atoms with E-state index in [2.05, 4.69) is 21.3 Å². The third kappa shape index (κ3) is 3.30. The van der Waals surface area contributed by atoms with E-state index in [9.17, 15) is 10.1 Å². The van der Waals surface area contributed by atoms with Gasteiger partial charge >= 0.3 is 0 Å². The third-order valence-corrected chi connectivity index (χ3v) is 4.52. The minimum Gasteiger partial charge on any atom is -0.299 e. The van der Waals surface area contributed by atoms with Crippen molar-refractivity contribution < 1.29 is 4.92 Å². The summed E-state index contributed by atoms with van der Waals surface area (Å²) in [7, 11) is 0. The number of aromatic amines is 1. The summed E-state index contributed by atoms with van der Waals surface area (Å²) in [6, 6.07) is 16.1. The summed E-state index contributed by atoms with van der Waals surface area (Å²) in [6.07, 6.45) is 1.80. The van der Waals surface area contributed by atoms with Gasteiger partial charge in [-0.25, -0.2) is 10.2 Å². The Morgan fingerprint density at radius 3 is 2.56 bits per heavy atom. The monoisotopic (exact) mass is 381 g/mol. The van der Waals surface area contributed by atoms with E-state index in [-0.39, 0.29) is 5.69 Å². The lowest BCUT2D eigenvalue weighted by Gasteiger charge is -2.18. The van der Waals surface area contributed by atoms with Crippen molar-refractivity contribution in [1.29, 1.82) is 0 Å². The molecule has 0 bridgehead atoms. The van der Waals surface area contributed by atoms with Crippen LogP contribution in [-0.2, 0) is 6.54 Å². The zero-order valence-corrected chi connectivity index (χ0v) is 14.8. The Bertz CT molecular complexity index is 1060. The predicted octanol–water partition coefficient (Wildman–Crippen LogP) is 2.63. The molecule has 1 aliphatic heterocycles. The van der Waals surface area contributed by atoms with Gasteiger partial charge in [0.25, 0.3) is 5.69 Å². The molecule has 0 spiro atoms. The highest BCUT2D eigenvalue weighted by atomic mass is 32.1. The maximum Gasteiger partial charge on any atom is 0.269 e. The normalized spacial score (nSPS) is 13.3. The highest BCUT2D eigenvalue weighted by Crippen LogP contribution is 2.17. The number of hydrazine groups is 2. The molecule has 136 valence electrons. The van der Waals surface area contributed by atoms with Gasteiger partial charge < -0.3 is 0 Å². The first-order chi connectivity index (χ1) is 13.1. The zero-order valence-electron chi connectivity index (χ0n) is 14.0. The number of nitrogens with zero attached hydrogens (tertiary/aromatic N) is 4. The topological polar surface area (TPSA) is 104 Å². The van der Waals surface area contributed by atoms with Crippen molar-refractivity contribution in [2.45, 2.75) is 6.54 Å². The molecule has 0 saturated carbocycles. The highest BCUT2D eigenvalue weighted by Gasteiger charge is 2.22. The van der Waals surface area contributed by atoms with Crippen molar-refractivity contribution in [3.8, 4) is 5.69 Å². The molecule has 0 saturated heterocycles. The van der Waals surface area contributed by atoms with Gasteiger partial charge in [0.05, 0.1) is 22.7 Å². The van der Waals surface area contributed by atoms with Gasteiger partial charge in [-0.15, -0.1) is 10.6 Å². The standard InChI is InChI=1S/C17H15N7O2S/c25-24(26)14-8-6-12(7-9-14)11-22-16(19-20-21-22)15-10-18-23(17(15)27)13-4-2-1-3-5-13/h1-10,18,20-21H,11H2. The molecule has 2 heterocycles. The van der Waals surface area contributed by atoms with E-state index < -0.39 is 4.92 Å². The number of aromatic nitrogens is 2. The lowest BCUT2D eigenvalue weighted by Crippen LogP contribution is -2.40. The lowest BCUT2D eigenvalue weighted by molar-refractivity contribution is -0.384. The Hall–Kier alpha value is -3.50. The summed E-state index contributed by atoms with van der Waals surface area (Å²) in [4.78, 5) is 10.4. The molecule has 1 aromatic heterocycles. The third-order valence-electron chi connectivity index (χ3n) is 4.12. The van der Waals surface area contributed by atoms with Gasteiger partial charge in [-0.3, -0.25) is 20.2 Å². The van der Waals surface area contributed by atoms with E-state index in [0.717, 1.165) is 16.8 Å². The van der Waals surface area contributed by atoms with Crippen LogP contribution in [0.2, 0.25) is 0 Å². The van der Waals surface area contributed by atoms with Crippen molar-refractivity contribution in [2.75, 3.05) is 0 Å². The summed E-state index contributed by atoms with van der Waals surface area (Å²) in [5.74, 6) is 0.629. The number of nitro benzene ring substituents is 1. The average Bonchev–Trinajstić information content (AvgIpc) is 3.29. The van der Waals surface area contributed by atoms with Crippen LogP contribution >= 0.6 is 12.2 Å².